The van der Waals surface area contributed by atoms with Crippen molar-refractivity contribution < 1.29 is 14.3 Å². The minimum atomic E-state index is -0.310. The van der Waals surface area contributed by atoms with E-state index in [1.165, 1.54) is 12.7 Å². The highest BCUT2D eigenvalue weighted by atomic mass is 16.5. The quantitative estimate of drug-likeness (QED) is 0.838. The molecule has 3 rings (SSSR count). The highest BCUT2D eigenvalue weighted by molar-refractivity contribution is 6.04. The third-order valence-electron chi connectivity index (χ3n) is 4.93. The number of carbonyl (C=O) groups excluding carboxylic acids is 1. The predicted molar refractivity (Wildman–Crippen MR) is 105 cm³/mol. The van der Waals surface area contributed by atoms with E-state index in [-0.39, 0.29) is 5.91 Å². The normalized spacial score (nSPS) is 16.7. The highest BCUT2D eigenvalue weighted by Gasteiger charge is 2.23. The molecule has 1 amide bonds. The maximum Gasteiger partial charge on any atom is 0.274 e. The van der Waals surface area contributed by atoms with E-state index in [2.05, 4.69) is 27.1 Å². The Bertz CT molecular complexity index is 797. The Kier molecular flexibility index (Phi) is 6.11. The number of ether oxygens (including phenoxy) is 2. The van der Waals surface area contributed by atoms with Crippen LogP contribution in [0.1, 0.15) is 43.1 Å². The summed E-state index contributed by atoms with van der Waals surface area (Å²) in [4.78, 5) is 23.6. The van der Waals surface area contributed by atoms with E-state index < -0.39 is 0 Å². The molecule has 0 bridgehead atoms. The van der Waals surface area contributed by atoms with Gasteiger partial charge in [-0.2, -0.15) is 0 Å². The van der Waals surface area contributed by atoms with Crippen molar-refractivity contribution in [2.24, 2.45) is 0 Å². The first-order valence-electron chi connectivity index (χ1n) is 9.28. The molecule has 1 atom stereocenters. The zero-order valence-electron chi connectivity index (χ0n) is 16.1. The number of anilines is 2. The average molecular weight is 370 g/mol. The molecule has 1 fully saturated rings. The van der Waals surface area contributed by atoms with Crippen molar-refractivity contribution in [2.45, 2.75) is 38.6 Å². The Labute approximate surface area is 159 Å². The van der Waals surface area contributed by atoms with E-state index in [4.69, 9.17) is 9.47 Å². The van der Waals surface area contributed by atoms with E-state index in [0.717, 1.165) is 31.6 Å². The number of nitrogens with zero attached hydrogens (tertiary/aromatic N) is 3. The molecule has 144 valence electrons. The summed E-state index contributed by atoms with van der Waals surface area (Å²) in [7, 11) is 3.13. The fraction of sp³-hybridized carbons (Fsp3) is 0.450. The molecule has 1 saturated heterocycles. The van der Waals surface area contributed by atoms with Crippen LogP contribution in [-0.4, -0.2) is 42.7 Å². The van der Waals surface area contributed by atoms with Gasteiger partial charge in [0.2, 0.25) is 0 Å². The lowest BCUT2D eigenvalue weighted by molar-refractivity contribution is 0.102. The number of hydrogen-bond acceptors (Lipinski definition) is 6. The van der Waals surface area contributed by atoms with Gasteiger partial charge >= 0.3 is 0 Å². The van der Waals surface area contributed by atoms with Gasteiger partial charge in [-0.3, -0.25) is 4.79 Å². The summed E-state index contributed by atoms with van der Waals surface area (Å²) >= 11 is 0. The van der Waals surface area contributed by atoms with Crippen LogP contribution in [0.3, 0.4) is 0 Å². The fourth-order valence-corrected chi connectivity index (χ4v) is 3.45. The Morgan fingerprint density at radius 1 is 1.22 bits per heavy atom. The van der Waals surface area contributed by atoms with E-state index in [9.17, 15) is 4.79 Å². The van der Waals surface area contributed by atoms with Crippen LogP contribution in [0.25, 0.3) is 0 Å². The SMILES string of the molecule is CCC1CCCCN1c1cc(C(=O)Nc2cc(OC)ccc2OC)ncn1. The summed E-state index contributed by atoms with van der Waals surface area (Å²) < 4.78 is 10.5. The molecule has 0 aliphatic carbocycles. The molecule has 0 saturated carbocycles. The third-order valence-corrected chi connectivity index (χ3v) is 4.93. The van der Waals surface area contributed by atoms with Crippen LogP contribution in [0, 0.1) is 0 Å². The largest absolute Gasteiger partial charge is 0.497 e. The summed E-state index contributed by atoms with van der Waals surface area (Å²) in [6.07, 6.45) is 6.05. The van der Waals surface area contributed by atoms with Crippen LogP contribution >= 0.6 is 0 Å². The lowest BCUT2D eigenvalue weighted by Crippen LogP contribution is -2.39. The van der Waals surface area contributed by atoms with Crippen LogP contribution in [0.2, 0.25) is 0 Å². The predicted octanol–water partition coefficient (Wildman–Crippen LogP) is 3.52. The third kappa shape index (κ3) is 4.30. The number of piperidine rings is 1. The minimum Gasteiger partial charge on any atom is -0.497 e. The smallest absolute Gasteiger partial charge is 0.274 e. The van der Waals surface area contributed by atoms with Crippen LogP contribution in [0.15, 0.2) is 30.6 Å². The zero-order valence-corrected chi connectivity index (χ0v) is 16.1. The summed E-state index contributed by atoms with van der Waals surface area (Å²) in [5.74, 6) is 1.68. The second-order valence-corrected chi connectivity index (χ2v) is 6.53. The zero-order chi connectivity index (χ0) is 19.2. The van der Waals surface area contributed by atoms with Crippen molar-refractivity contribution in [1.82, 2.24) is 9.97 Å². The molecular formula is C20H26N4O3. The van der Waals surface area contributed by atoms with Gasteiger partial charge < -0.3 is 19.7 Å². The van der Waals surface area contributed by atoms with Crippen molar-refractivity contribution in [3.63, 3.8) is 0 Å². The Morgan fingerprint density at radius 2 is 2.07 bits per heavy atom. The van der Waals surface area contributed by atoms with E-state index in [0.29, 0.717) is 28.9 Å². The molecule has 1 N–H and O–H groups in total. The van der Waals surface area contributed by atoms with Crippen molar-refractivity contribution in [1.29, 1.82) is 0 Å². The first-order valence-corrected chi connectivity index (χ1v) is 9.28. The lowest BCUT2D eigenvalue weighted by Gasteiger charge is -2.36. The van der Waals surface area contributed by atoms with Crippen LogP contribution < -0.4 is 19.7 Å². The molecule has 2 heterocycles. The van der Waals surface area contributed by atoms with E-state index >= 15 is 0 Å². The van der Waals surface area contributed by atoms with Gasteiger partial charge in [-0.05, 0) is 37.8 Å². The fourth-order valence-electron chi connectivity index (χ4n) is 3.45. The van der Waals surface area contributed by atoms with Crippen molar-refractivity contribution in [2.75, 3.05) is 31.0 Å². The Morgan fingerprint density at radius 3 is 2.81 bits per heavy atom. The summed E-state index contributed by atoms with van der Waals surface area (Å²) in [5.41, 5.74) is 0.858. The number of nitrogens with one attached hydrogen (secondary N) is 1. The van der Waals surface area contributed by atoms with Gasteiger partial charge in [-0.1, -0.05) is 6.92 Å². The number of benzene rings is 1. The average Bonchev–Trinajstić information content (AvgIpc) is 2.73. The van der Waals surface area contributed by atoms with E-state index in [1.54, 1.807) is 38.5 Å². The number of methoxy groups -OCH3 is 2. The first-order chi connectivity index (χ1) is 13.2. The molecular weight excluding hydrogens is 344 g/mol. The second kappa shape index (κ2) is 8.70. The number of hydrogen-bond donors (Lipinski definition) is 1. The van der Waals surface area contributed by atoms with Gasteiger partial charge in [0, 0.05) is 24.7 Å². The van der Waals surface area contributed by atoms with Gasteiger partial charge in [-0.15, -0.1) is 0 Å². The van der Waals surface area contributed by atoms with Crippen LogP contribution in [0.5, 0.6) is 11.5 Å². The number of rotatable bonds is 6. The molecule has 2 aromatic rings. The van der Waals surface area contributed by atoms with Crippen molar-refractivity contribution in [3.8, 4) is 11.5 Å². The Hall–Kier alpha value is -2.83. The molecule has 1 unspecified atom stereocenters. The van der Waals surface area contributed by atoms with Crippen molar-refractivity contribution in [3.05, 3.63) is 36.3 Å². The number of aromatic nitrogens is 2. The monoisotopic (exact) mass is 370 g/mol. The topological polar surface area (TPSA) is 76.6 Å². The molecule has 0 radical (unpaired) electrons. The number of amides is 1. The maximum absolute atomic E-state index is 12.8. The molecule has 7 heteroatoms. The minimum absolute atomic E-state index is 0.310. The molecule has 1 aromatic carbocycles. The maximum atomic E-state index is 12.8. The summed E-state index contributed by atoms with van der Waals surface area (Å²) in [5, 5.41) is 2.86. The van der Waals surface area contributed by atoms with Gasteiger partial charge in [0.25, 0.3) is 5.91 Å². The summed E-state index contributed by atoms with van der Waals surface area (Å²) in [6.45, 7) is 3.15. The molecule has 1 aliphatic rings. The van der Waals surface area contributed by atoms with Gasteiger partial charge in [0.15, 0.2) is 0 Å². The standard InChI is InChI=1S/C20H26N4O3/c1-4-14-7-5-6-10-24(14)19-12-17(21-13-22-19)20(25)23-16-11-15(26-2)8-9-18(16)27-3/h8-9,11-14H,4-7,10H2,1-3H3,(H,23,25). The van der Waals surface area contributed by atoms with Crippen molar-refractivity contribution >= 4 is 17.4 Å². The molecule has 0 spiro atoms. The molecule has 1 aromatic heterocycles. The van der Waals surface area contributed by atoms with E-state index in [1.807, 2.05) is 0 Å². The van der Waals surface area contributed by atoms with Gasteiger partial charge in [-0.25, -0.2) is 9.97 Å². The molecule has 7 nitrogen and oxygen atoms in total. The van der Waals surface area contributed by atoms with Gasteiger partial charge in [0.1, 0.15) is 29.3 Å². The first kappa shape index (κ1) is 18.9. The lowest BCUT2D eigenvalue weighted by atomic mass is 10.00. The van der Waals surface area contributed by atoms with Crippen LogP contribution in [-0.2, 0) is 0 Å². The summed E-state index contributed by atoms with van der Waals surface area (Å²) in [6, 6.07) is 7.47. The highest BCUT2D eigenvalue weighted by Crippen LogP contribution is 2.30. The molecule has 27 heavy (non-hydrogen) atoms. The van der Waals surface area contributed by atoms with Gasteiger partial charge in [0.05, 0.1) is 19.9 Å². The second-order valence-electron chi connectivity index (χ2n) is 6.53. The van der Waals surface area contributed by atoms with Crippen LogP contribution in [0.4, 0.5) is 11.5 Å². The molecule has 1 aliphatic heterocycles. The number of carbonyl (C=O) groups is 1. The Balaban J connectivity index is 1.82.